The van der Waals surface area contributed by atoms with Crippen LogP contribution in [0.1, 0.15) is 85.0 Å². The summed E-state index contributed by atoms with van der Waals surface area (Å²) in [6.07, 6.45) is 14.5. The Balaban J connectivity index is 1.55. The lowest BCUT2D eigenvalue weighted by atomic mass is 9.88. The van der Waals surface area contributed by atoms with Crippen molar-refractivity contribution < 1.29 is 28.6 Å². The van der Waals surface area contributed by atoms with Gasteiger partial charge in [0.25, 0.3) is 0 Å². The molecule has 182 valence electrons. The molecule has 3 fully saturated rings. The predicted octanol–water partition coefficient (Wildman–Crippen LogP) is 4.84. The van der Waals surface area contributed by atoms with E-state index in [0.29, 0.717) is 5.57 Å². The predicted molar refractivity (Wildman–Crippen MR) is 122 cm³/mol. The highest BCUT2D eigenvalue weighted by molar-refractivity contribution is 5.89. The Bertz CT molecular complexity index is 813. The highest BCUT2D eigenvalue weighted by Crippen LogP contribution is 2.43. The van der Waals surface area contributed by atoms with Crippen molar-refractivity contribution in [3.05, 3.63) is 23.8 Å². The molecule has 1 saturated heterocycles. The minimum Gasteiger partial charge on any atom is -0.462 e. The Kier molecular flexibility index (Phi) is 7.15. The number of hydrogen-bond acceptors (Lipinski definition) is 6. The number of fused-ring (bicyclic) bond motifs is 2. The Labute approximate surface area is 196 Å². The molecule has 2 aliphatic carbocycles. The van der Waals surface area contributed by atoms with Gasteiger partial charge in [-0.25, -0.2) is 9.59 Å². The fraction of sp³-hybridized carbons (Fsp3) is 0.731. The van der Waals surface area contributed by atoms with Crippen LogP contribution in [0, 0.1) is 5.92 Å². The van der Waals surface area contributed by atoms with Crippen LogP contribution >= 0.6 is 0 Å². The molecule has 1 amide bonds. The standard InChI is InChI=1S/C26H37NO6/c1-26(2,3)33-25(30)27-20-14-15-21(27)23(24(29)32-18-12-8-5-9-13-18)19(20)16-22(28)31-17-10-6-4-7-11-17/h14-18,20-21,23H,4-13H2,1-3H3/b19-16+/t20-,21+,23-/m1/s1. The number of carbonyl (C=O) groups excluding carboxylic acids is 3. The number of esters is 2. The van der Waals surface area contributed by atoms with E-state index in [1.807, 2.05) is 32.9 Å². The molecule has 3 atom stereocenters. The summed E-state index contributed by atoms with van der Waals surface area (Å²) in [4.78, 5) is 40.7. The fourth-order valence-electron chi connectivity index (χ4n) is 5.45. The van der Waals surface area contributed by atoms with Gasteiger partial charge >= 0.3 is 18.0 Å². The number of ether oxygens (including phenoxy) is 3. The lowest BCUT2D eigenvalue weighted by molar-refractivity contribution is -0.154. The van der Waals surface area contributed by atoms with Crippen molar-refractivity contribution >= 4 is 18.0 Å². The van der Waals surface area contributed by atoms with Crippen molar-refractivity contribution in [1.29, 1.82) is 0 Å². The molecule has 0 aromatic heterocycles. The van der Waals surface area contributed by atoms with Crippen LogP contribution in [0.15, 0.2) is 23.8 Å². The Hall–Kier alpha value is -2.31. The minimum atomic E-state index is -0.714. The summed E-state index contributed by atoms with van der Waals surface area (Å²) in [6, 6.07) is -1.03. The van der Waals surface area contributed by atoms with E-state index < -0.39 is 35.7 Å². The number of carbonyl (C=O) groups is 3. The minimum absolute atomic E-state index is 0.0770. The topological polar surface area (TPSA) is 82.1 Å². The van der Waals surface area contributed by atoms with E-state index in [1.54, 1.807) is 4.90 Å². The van der Waals surface area contributed by atoms with Crippen molar-refractivity contribution in [3.63, 3.8) is 0 Å². The second-order valence-electron chi connectivity index (χ2n) is 10.7. The first kappa shape index (κ1) is 23.8. The van der Waals surface area contributed by atoms with E-state index in [9.17, 15) is 14.4 Å². The monoisotopic (exact) mass is 459 g/mol. The average molecular weight is 460 g/mol. The highest BCUT2D eigenvalue weighted by atomic mass is 16.6. The van der Waals surface area contributed by atoms with Gasteiger partial charge in [0.15, 0.2) is 0 Å². The van der Waals surface area contributed by atoms with Crippen LogP contribution in [-0.2, 0) is 23.8 Å². The van der Waals surface area contributed by atoms with Gasteiger partial charge in [0.1, 0.15) is 23.7 Å². The Morgan fingerprint density at radius 2 is 1.45 bits per heavy atom. The first-order chi connectivity index (χ1) is 15.7. The lowest BCUT2D eigenvalue weighted by Gasteiger charge is -2.28. The molecule has 0 N–H and O–H groups in total. The van der Waals surface area contributed by atoms with Gasteiger partial charge < -0.3 is 14.2 Å². The van der Waals surface area contributed by atoms with E-state index in [2.05, 4.69) is 0 Å². The Morgan fingerprint density at radius 3 is 2.03 bits per heavy atom. The second kappa shape index (κ2) is 9.90. The largest absolute Gasteiger partial charge is 0.462 e. The molecule has 0 aromatic carbocycles. The van der Waals surface area contributed by atoms with Gasteiger partial charge in [0.05, 0.1) is 12.1 Å². The molecule has 2 aliphatic heterocycles. The van der Waals surface area contributed by atoms with Gasteiger partial charge in [0, 0.05) is 6.08 Å². The SMILES string of the molecule is CC(C)(C)OC(=O)N1[C@@H]2C=C[C@H]1[C@H](C(=O)OC1CCCCC1)/C2=C/C(=O)OC1CCCCC1. The summed E-state index contributed by atoms with van der Waals surface area (Å²) in [5, 5.41) is 0. The summed E-state index contributed by atoms with van der Waals surface area (Å²) in [7, 11) is 0. The third-order valence-electron chi connectivity index (χ3n) is 6.97. The highest BCUT2D eigenvalue weighted by Gasteiger charge is 2.54. The van der Waals surface area contributed by atoms with Crippen LogP contribution in [0.4, 0.5) is 4.79 Å². The zero-order valence-corrected chi connectivity index (χ0v) is 20.1. The zero-order valence-electron chi connectivity index (χ0n) is 20.1. The van der Waals surface area contributed by atoms with Crippen molar-refractivity contribution in [2.75, 3.05) is 0 Å². The molecule has 0 spiro atoms. The molecule has 7 heteroatoms. The summed E-state index contributed by atoms with van der Waals surface area (Å²) in [6.45, 7) is 5.43. The van der Waals surface area contributed by atoms with Crippen molar-refractivity contribution in [3.8, 4) is 0 Å². The first-order valence-corrected chi connectivity index (χ1v) is 12.5. The maximum Gasteiger partial charge on any atom is 0.411 e. The van der Waals surface area contributed by atoms with E-state index in [-0.39, 0.29) is 18.2 Å². The second-order valence-corrected chi connectivity index (χ2v) is 10.7. The smallest absolute Gasteiger partial charge is 0.411 e. The number of rotatable bonds is 4. The number of hydrogen-bond donors (Lipinski definition) is 0. The van der Waals surface area contributed by atoms with Crippen LogP contribution in [0.5, 0.6) is 0 Å². The quantitative estimate of drug-likeness (QED) is 0.259. The third kappa shape index (κ3) is 5.61. The molecule has 0 aromatic rings. The van der Waals surface area contributed by atoms with Crippen LogP contribution in [-0.4, -0.2) is 52.8 Å². The molecule has 4 rings (SSSR count). The fourth-order valence-corrected chi connectivity index (χ4v) is 5.45. The molecule has 2 saturated carbocycles. The van der Waals surface area contributed by atoms with Crippen LogP contribution < -0.4 is 0 Å². The van der Waals surface area contributed by atoms with Crippen LogP contribution in [0.25, 0.3) is 0 Å². The maximum atomic E-state index is 13.3. The summed E-state index contributed by atoms with van der Waals surface area (Å²) in [5.41, 5.74) is -0.101. The molecule has 0 radical (unpaired) electrons. The van der Waals surface area contributed by atoms with E-state index in [0.717, 1.165) is 57.8 Å². The average Bonchev–Trinajstić information content (AvgIpc) is 3.30. The van der Waals surface area contributed by atoms with Crippen molar-refractivity contribution in [2.24, 2.45) is 5.92 Å². The van der Waals surface area contributed by atoms with E-state index >= 15 is 0 Å². The molecular weight excluding hydrogens is 422 g/mol. The molecule has 33 heavy (non-hydrogen) atoms. The summed E-state index contributed by atoms with van der Waals surface area (Å²) >= 11 is 0. The lowest BCUT2D eigenvalue weighted by Crippen LogP contribution is -2.42. The van der Waals surface area contributed by atoms with Gasteiger partial charge in [-0.15, -0.1) is 0 Å². The molecule has 4 aliphatic rings. The molecular formula is C26H37NO6. The molecule has 2 bridgehead atoms. The van der Waals surface area contributed by atoms with E-state index in [1.165, 1.54) is 12.5 Å². The zero-order chi connectivity index (χ0) is 23.6. The van der Waals surface area contributed by atoms with Gasteiger partial charge in [-0.05, 0) is 77.7 Å². The van der Waals surface area contributed by atoms with Gasteiger partial charge in [0.2, 0.25) is 0 Å². The van der Waals surface area contributed by atoms with Crippen molar-refractivity contribution in [2.45, 2.75) is 115 Å². The third-order valence-corrected chi connectivity index (χ3v) is 6.97. The first-order valence-electron chi connectivity index (χ1n) is 12.5. The van der Waals surface area contributed by atoms with Gasteiger partial charge in [-0.3, -0.25) is 9.69 Å². The summed E-state index contributed by atoms with van der Waals surface area (Å²) < 4.78 is 17.2. The van der Waals surface area contributed by atoms with Crippen LogP contribution in [0.2, 0.25) is 0 Å². The molecule has 2 heterocycles. The normalized spacial score (nSPS) is 29.4. The van der Waals surface area contributed by atoms with Gasteiger partial charge in [-0.1, -0.05) is 25.0 Å². The summed E-state index contributed by atoms with van der Waals surface area (Å²) in [5.74, 6) is -1.53. The number of amides is 1. The van der Waals surface area contributed by atoms with E-state index in [4.69, 9.17) is 14.2 Å². The molecule has 0 unspecified atom stereocenters. The van der Waals surface area contributed by atoms with Crippen molar-refractivity contribution in [1.82, 2.24) is 4.90 Å². The maximum absolute atomic E-state index is 13.3. The molecule has 7 nitrogen and oxygen atoms in total. The number of nitrogens with zero attached hydrogens (tertiary/aromatic N) is 1. The van der Waals surface area contributed by atoms with Crippen LogP contribution in [0.3, 0.4) is 0 Å². The van der Waals surface area contributed by atoms with Gasteiger partial charge in [-0.2, -0.15) is 0 Å². The Morgan fingerprint density at radius 1 is 0.879 bits per heavy atom.